The molecule has 0 bridgehead atoms. The van der Waals surface area contributed by atoms with Crippen molar-refractivity contribution in [2.75, 3.05) is 0 Å². The third-order valence-corrected chi connectivity index (χ3v) is 3.25. The summed E-state index contributed by atoms with van der Waals surface area (Å²) in [6.45, 7) is 2.51. The molecule has 1 aromatic carbocycles. The van der Waals surface area contributed by atoms with E-state index >= 15 is 0 Å². The van der Waals surface area contributed by atoms with Gasteiger partial charge in [0.05, 0.1) is 0 Å². The van der Waals surface area contributed by atoms with Crippen molar-refractivity contribution in [3.8, 4) is 0 Å². The highest BCUT2D eigenvalue weighted by Gasteiger charge is 2.17. The van der Waals surface area contributed by atoms with Crippen LogP contribution in [0.3, 0.4) is 0 Å². The van der Waals surface area contributed by atoms with Crippen LogP contribution >= 0.6 is 11.3 Å². The molecule has 1 nitrogen and oxygen atoms in total. The van der Waals surface area contributed by atoms with E-state index in [-0.39, 0.29) is 6.67 Å². The van der Waals surface area contributed by atoms with E-state index in [1.165, 1.54) is 11.3 Å². The third-order valence-electron chi connectivity index (χ3n) is 2.12. The normalized spacial score (nSPS) is 10.9. The Labute approximate surface area is 80.4 Å². The van der Waals surface area contributed by atoms with Crippen molar-refractivity contribution >= 4 is 21.6 Å². The summed E-state index contributed by atoms with van der Waals surface area (Å²) in [5, 5.41) is 0.809. The number of thiazole rings is 1. The number of alkyl halides is 1. The smallest absolute Gasteiger partial charge is 0.238 e. The minimum absolute atomic E-state index is 0.368. The van der Waals surface area contributed by atoms with E-state index in [0.717, 1.165) is 21.8 Å². The lowest BCUT2D eigenvalue weighted by molar-refractivity contribution is -0.671. The van der Waals surface area contributed by atoms with Crippen LogP contribution in [0.25, 0.3) is 10.2 Å². The first-order valence-corrected chi connectivity index (χ1v) is 5.14. The Kier molecular flexibility index (Phi) is 2.27. The molecule has 0 radical (unpaired) electrons. The highest BCUT2D eigenvalue weighted by Crippen LogP contribution is 2.20. The van der Waals surface area contributed by atoms with E-state index in [0.29, 0.717) is 0 Å². The lowest BCUT2D eigenvalue weighted by Crippen LogP contribution is -2.34. The summed E-state index contributed by atoms with van der Waals surface area (Å²) in [6, 6.07) is 8.05. The number of aryl methyl sites for hydroxylation is 1. The van der Waals surface area contributed by atoms with Crippen LogP contribution in [0.5, 0.6) is 0 Å². The van der Waals surface area contributed by atoms with E-state index in [4.69, 9.17) is 0 Å². The molecule has 0 fully saturated rings. The highest BCUT2D eigenvalue weighted by atomic mass is 32.1. The number of fused-ring (bicyclic) bond motifs is 1. The van der Waals surface area contributed by atoms with Crippen molar-refractivity contribution in [3.05, 3.63) is 29.3 Å². The highest BCUT2D eigenvalue weighted by molar-refractivity contribution is 7.18. The molecule has 68 valence electrons. The molecule has 2 aromatic rings. The molecule has 3 heteroatoms. The monoisotopic (exact) mass is 196 g/mol. The Balaban J connectivity index is 2.73. The van der Waals surface area contributed by atoms with Crippen molar-refractivity contribution in [2.45, 2.75) is 20.1 Å². The standard InChI is InChI=1S/C10H11FNS/c1-2-12-8-5-3-4-6-9(8)13-10(12)7-11/h3-6H,2,7H2,1H3/q+1. The van der Waals surface area contributed by atoms with Gasteiger partial charge in [-0.1, -0.05) is 23.5 Å². The van der Waals surface area contributed by atoms with E-state index in [2.05, 4.69) is 0 Å². The van der Waals surface area contributed by atoms with Crippen LogP contribution in [0.4, 0.5) is 4.39 Å². The van der Waals surface area contributed by atoms with Gasteiger partial charge in [0.25, 0.3) is 5.01 Å². The summed E-state index contributed by atoms with van der Waals surface area (Å²) in [7, 11) is 0. The Hall–Kier alpha value is -0.960. The first kappa shape index (κ1) is 8.63. The maximum atomic E-state index is 12.6. The van der Waals surface area contributed by atoms with Gasteiger partial charge in [0.1, 0.15) is 11.2 Å². The predicted molar refractivity (Wildman–Crippen MR) is 52.5 cm³/mol. The largest absolute Gasteiger partial charge is 0.269 e. The van der Waals surface area contributed by atoms with Gasteiger partial charge in [-0.2, -0.15) is 4.57 Å². The van der Waals surface area contributed by atoms with Gasteiger partial charge in [0.15, 0.2) is 6.67 Å². The molecule has 0 unspecified atom stereocenters. The molecule has 13 heavy (non-hydrogen) atoms. The van der Waals surface area contributed by atoms with Crippen LogP contribution in [0, 0.1) is 0 Å². The molecule has 0 atom stereocenters. The molecule has 0 N–H and O–H groups in total. The number of benzene rings is 1. The van der Waals surface area contributed by atoms with Gasteiger partial charge in [-0.15, -0.1) is 0 Å². The zero-order valence-corrected chi connectivity index (χ0v) is 8.27. The maximum absolute atomic E-state index is 12.6. The summed E-state index contributed by atoms with van der Waals surface area (Å²) < 4.78 is 15.8. The number of para-hydroxylation sites is 1. The van der Waals surface area contributed by atoms with Crippen LogP contribution in [-0.4, -0.2) is 0 Å². The van der Waals surface area contributed by atoms with Gasteiger partial charge in [0.2, 0.25) is 5.52 Å². The van der Waals surface area contributed by atoms with Gasteiger partial charge in [-0.25, -0.2) is 4.39 Å². The number of aromatic nitrogens is 1. The molecule has 0 spiro atoms. The molecular weight excluding hydrogens is 185 g/mol. The molecule has 0 aliphatic heterocycles. The molecule has 1 aromatic heterocycles. The minimum Gasteiger partial charge on any atom is -0.238 e. The van der Waals surface area contributed by atoms with E-state index in [1.54, 1.807) is 0 Å². The Morgan fingerprint density at radius 1 is 1.38 bits per heavy atom. The second-order valence-corrected chi connectivity index (χ2v) is 3.96. The average Bonchev–Trinajstić information content (AvgIpc) is 2.55. The van der Waals surface area contributed by atoms with Gasteiger partial charge < -0.3 is 0 Å². The van der Waals surface area contributed by atoms with Crippen molar-refractivity contribution < 1.29 is 8.96 Å². The zero-order chi connectivity index (χ0) is 9.26. The van der Waals surface area contributed by atoms with Crippen molar-refractivity contribution in [1.82, 2.24) is 0 Å². The summed E-state index contributed by atoms with van der Waals surface area (Å²) in [5.74, 6) is 0. The van der Waals surface area contributed by atoms with Crippen LogP contribution in [0.15, 0.2) is 24.3 Å². The van der Waals surface area contributed by atoms with E-state index in [9.17, 15) is 4.39 Å². The zero-order valence-electron chi connectivity index (χ0n) is 7.46. The molecule has 0 saturated carbocycles. The summed E-state index contributed by atoms with van der Waals surface area (Å²) in [4.78, 5) is 0. The van der Waals surface area contributed by atoms with Gasteiger partial charge in [-0.05, 0) is 13.0 Å². The summed E-state index contributed by atoms with van der Waals surface area (Å²) >= 11 is 1.54. The minimum atomic E-state index is -0.368. The number of hydrogen-bond acceptors (Lipinski definition) is 1. The van der Waals surface area contributed by atoms with Crippen molar-refractivity contribution in [1.29, 1.82) is 0 Å². The summed E-state index contributed by atoms with van der Waals surface area (Å²) in [6.07, 6.45) is 0. The van der Waals surface area contributed by atoms with Crippen LogP contribution < -0.4 is 4.57 Å². The number of halogens is 1. The first-order chi connectivity index (χ1) is 6.36. The van der Waals surface area contributed by atoms with Crippen LogP contribution in [-0.2, 0) is 13.2 Å². The van der Waals surface area contributed by atoms with Crippen molar-refractivity contribution in [2.24, 2.45) is 0 Å². The van der Waals surface area contributed by atoms with Crippen LogP contribution in [0.1, 0.15) is 11.9 Å². The maximum Gasteiger partial charge on any atom is 0.269 e. The first-order valence-electron chi connectivity index (χ1n) is 4.33. The number of hydrogen-bond donors (Lipinski definition) is 0. The second kappa shape index (κ2) is 3.42. The SMILES string of the molecule is CC[n+]1c(CF)sc2ccccc21. The fraction of sp³-hybridized carbons (Fsp3) is 0.300. The fourth-order valence-corrected chi connectivity index (χ4v) is 2.60. The lowest BCUT2D eigenvalue weighted by Gasteiger charge is -1.89. The molecule has 2 rings (SSSR count). The lowest BCUT2D eigenvalue weighted by atomic mass is 10.3. The topological polar surface area (TPSA) is 3.88 Å². The quantitative estimate of drug-likeness (QED) is 0.650. The molecule has 0 amide bonds. The number of rotatable bonds is 2. The van der Waals surface area contributed by atoms with Gasteiger partial charge in [0, 0.05) is 6.07 Å². The Morgan fingerprint density at radius 3 is 2.85 bits per heavy atom. The fourth-order valence-electron chi connectivity index (χ4n) is 1.53. The van der Waals surface area contributed by atoms with Crippen molar-refractivity contribution in [3.63, 3.8) is 0 Å². The summed E-state index contributed by atoms with van der Waals surface area (Å²) in [5.41, 5.74) is 1.14. The Morgan fingerprint density at radius 2 is 2.15 bits per heavy atom. The number of nitrogens with zero attached hydrogens (tertiary/aromatic N) is 1. The molecule has 0 aliphatic carbocycles. The van der Waals surface area contributed by atoms with Gasteiger partial charge >= 0.3 is 0 Å². The van der Waals surface area contributed by atoms with Crippen LogP contribution in [0.2, 0.25) is 0 Å². The molecule has 1 heterocycles. The molecular formula is C10H11FNS+. The Bertz CT molecular complexity index is 422. The average molecular weight is 196 g/mol. The third kappa shape index (κ3) is 1.33. The van der Waals surface area contributed by atoms with Gasteiger partial charge in [-0.3, -0.25) is 0 Å². The van der Waals surface area contributed by atoms with E-state index in [1.807, 2.05) is 35.8 Å². The predicted octanol–water partition coefficient (Wildman–Crippen LogP) is 2.68. The second-order valence-electron chi connectivity index (χ2n) is 2.84. The van der Waals surface area contributed by atoms with E-state index < -0.39 is 0 Å². The molecule has 0 saturated heterocycles. The molecule has 0 aliphatic rings.